The fourth-order valence-electron chi connectivity index (χ4n) is 1.67. The first-order chi connectivity index (χ1) is 7.59. The minimum Gasteiger partial charge on any atom is -0.480 e. The summed E-state index contributed by atoms with van der Waals surface area (Å²) < 4.78 is 4.88. The number of furan rings is 1. The summed E-state index contributed by atoms with van der Waals surface area (Å²) in [7, 11) is 0. The normalized spacial score (nSPS) is 20.1. The molecule has 1 fully saturated rings. The van der Waals surface area contributed by atoms with E-state index in [2.05, 4.69) is 0 Å². The quantitative estimate of drug-likeness (QED) is 0.770. The number of carbonyl (C=O) groups is 3. The molecule has 0 aromatic carbocycles. The Morgan fingerprint density at radius 1 is 1.50 bits per heavy atom. The van der Waals surface area contributed by atoms with Gasteiger partial charge in [0.25, 0.3) is 5.91 Å². The summed E-state index contributed by atoms with van der Waals surface area (Å²) >= 11 is 0. The van der Waals surface area contributed by atoms with Crippen molar-refractivity contribution in [3.8, 4) is 0 Å². The third-order valence-electron chi connectivity index (χ3n) is 2.42. The van der Waals surface area contributed by atoms with Gasteiger partial charge in [0.15, 0.2) is 11.5 Å². The molecule has 1 aliphatic rings. The van der Waals surface area contributed by atoms with Gasteiger partial charge in [0.2, 0.25) is 0 Å². The van der Waals surface area contributed by atoms with Crippen LogP contribution in [0.1, 0.15) is 17.0 Å². The number of ketones is 1. The average Bonchev–Trinajstić information content (AvgIpc) is 2.84. The van der Waals surface area contributed by atoms with Crippen molar-refractivity contribution in [2.45, 2.75) is 12.5 Å². The van der Waals surface area contributed by atoms with Crippen molar-refractivity contribution >= 4 is 17.7 Å². The lowest BCUT2D eigenvalue weighted by Gasteiger charge is -2.18. The highest BCUT2D eigenvalue weighted by atomic mass is 16.4. The molecule has 1 atom stereocenters. The Labute approximate surface area is 90.4 Å². The number of aliphatic carboxylic acids is 1. The van der Waals surface area contributed by atoms with E-state index in [-0.39, 0.29) is 24.5 Å². The van der Waals surface area contributed by atoms with Crippen LogP contribution in [0.25, 0.3) is 0 Å². The van der Waals surface area contributed by atoms with Crippen molar-refractivity contribution in [2.24, 2.45) is 0 Å². The van der Waals surface area contributed by atoms with Crippen LogP contribution in [0.4, 0.5) is 0 Å². The van der Waals surface area contributed by atoms with E-state index in [0.29, 0.717) is 0 Å². The fourth-order valence-corrected chi connectivity index (χ4v) is 1.67. The minimum atomic E-state index is -1.18. The maximum atomic E-state index is 11.8. The molecule has 2 rings (SSSR count). The number of hydrogen-bond acceptors (Lipinski definition) is 4. The Bertz CT molecular complexity index is 436. The Morgan fingerprint density at radius 2 is 2.25 bits per heavy atom. The molecule has 0 saturated carbocycles. The number of amides is 1. The number of hydrogen-bond donors (Lipinski definition) is 1. The summed E-state index contributed by atoms with van der Waals surface area (Å²) in [6.45, 7) is -0.170. The van der Waals surface area contributed by atoms with E-state index in [0.717, 1.165) is 4.90 Å². The number of carboxylic acids is 1. The Balaban J connectivity index is 2.23. The molecule has 84 valence electrons. The predicted molar refractivity (Wildman–Crippen MR) is 50.8 cm³/mol. The Hall–Kier alpha value is -2.11. The monoisotopic (exact) mass is 223 g/mol. The van der Waals surface area contributed by atoms with Gasteiger partial charge in [-0.25, -0.2) is 4.79 Å². The number of likely N-dealkylation sites (tertiary alicyclic amines) is 1. The molecule has 1 unspecified atom stereocenters. The number of nitrogens with zero attached hydrogens (tertiary/aromatic N) is 1. The van der Waals surface area contributed by atoms with Crippen LogP contribution in [0.3, 0.4) is 0 Å². The third-order valence-corrected chi connectivity index (χ3v) is 2.42. The van der Waals surface area contributed by atoms with Crippen molar-refractivity contribution in [1.29, 1.82) is 0 Å². The summed E-state index contributed by atoms with van der Waals surface area (Å²) in [4.78, 5) is 34.8. The zero-order chi connectivity index (χ0) is 11.7. The van der Waals surface area contributed by atoms with Crippen LogP contribution in [-0.4, -0.2) is 40.3 Å². The van der Waals surface area contributed by atoms with E-state index in [1.54, 1.807) is 0 Å². The topological polar surface area (TPSA) is 87.8 Å². The minimum absolute atomic E-state index is 0.0425. The molecule has 1 N–H and O–H groups in total. The first-order valence-electron chi connectivity index (χ1n) is 4.68. The molecular weight excluding hydrogens is 214 g/mol. The van der Waals surface area contributed by atoms with Gasteiger partial charge < -0.3 is 14.4 Å². The molecule has 16 heavy (non-hydrogen) atoms. The maximum Gasteiger partial charge on any atom is 0.326 e. The molecular formula is C10H9NO5. The van der Waals surface area contributed by atoms with Gasteiger partial charge in [0.05, 0.1) is 12.8 Å². The first kappa shape index (κ1) is 10.4. The highest BCUT2D eigenvalue weighted by Gasteiger charge is 2.39. The summed E-state index contributed by atoms with van der Waals surface area (Å²) in [6.07, 6.45) is 1.18. The molecule has 0 aliphatic carbocycles. The molecule has 1 aromatic rings. The zero-order valence-corrected chi connectivity index (χ0v) is 8.25. The van der Waals surface area contributed by atoms with E-state index in [1.807, 2.05) is 0 Å². The maximum absolute atomic E-state index is 11.8. The van der Waals surface area contributed by atoms with E-state index in [9.17, 15) is 14.4 Å². The van der Waals surface area contributed by atoms with Crippen LogP contribution in [0.2, 0.25) is 0 Å². The largest absolute Gasteiger partial charge is 0.480 e. The van der Waals surface area contributed by atoms with Crippen LogP contribution in [0, 0.1) is 0 Å². The molecule has 1 saturated heterocycles. The second-order valence-corrected chi connectivity index (χ2v) is 3.51. The number of rotatable bonds is 2. The van der Waals surface area contributed by atoms with Crippen LogP contribution in [0.15, 0.2) is 22.8 Å². The van der Waals surface area contributed by atoms with Crippen molar-refractivity contribution in [3.05, 3.63) is 24.2 Å². The lowest BCUT2D eigenvalue weighted by molar-refractivity contribution is -0.141. The van der Waals surface area contributed by atoms with Gasteiger partial charge >= 0.3 is 5.97 Å². The SMILES string of the molecule is O=C1CC(C(=O)O)N(C(=O)c2ccco2)C1. The molecule has 2 heterocycles. The zero-order valence-electron chi connectivity index (χ0n) is 8.25. The molecule has 0 spiro atoms. The lowest BCUT2D eigenvalue weighted by atomic mass is 10.2. The van der Waals surface area contributed by atoms with Gasteiger partial charge in [-0.2, -0.15) is 0 Å². The van der Waals surface area contributed by atoms with Gasteiger partial charge in [-0.15, -0.1) is 0 Å². The van der Waals surface area contributed by atoms with E-state index in [1.165, 1.54) is 18.4 Å². The number of carboxylic acid groups (broad SMARTS) is 1. The van der Waals surface area contributed by atoms with E-state index in [4.69, 9.17) is 9.52 Å². The summed E-state index contributed by atoms with van der Waals surface area (Å²) in [5.74, 6) is -1.96. The van der Waals surface area contributed by atoms with Crippen LogP contribution in [0.5, 0.6) is 0 Å². The molecule has 6 heteroatoms. The van der Waals surface area contributed by atoms with Gasteiger partial charge in [-0.05, 0) is 12.1 Å². The van der Waals surface area contributed by atoms with Gasteiger partial charge in [-0.1, -0.05) is 0 Å². The molecule has 1 aromatic heterocycles. The molecule has 1 amide bonds. The first-order valence-corrected chi connectivity index (χ1v) is 4.68. The van der Waals surface area contributed by atoms with Crippen LogP contribution < -0.4 is 0 Å². The Morgan fingerprint density at radius 3 is 2.81 bits per heavy atom. The predicted octanol–water partition coefficient (Wildman–Crippen LogP) is 0.148. The van der Waals surface area contributed by atoms with Crippen molar-refractivity contribution in [1.82, 2.24) is 4.90 Å². The Kier molecular flexibility index (Phi) is 2.47. The van der Waals surface area contributed by atoms with Crippen LogP contribution in [-0.2, 0) is 9.59 Å². The van der Waals surface area contributed by atoms with Gasteiger partial charge in [0.1, 0.15) is 6.04 Å². The average molecular weight is 223 g/mol. The molecule has 6 nitrogen and oxygen atoms in total. The molecule has 0 bridgehead atoms. The number of Topliss-reactive ketones (excluding diaryl/α,β-unsaturated/α-hetero) is 1. The van der Waals surface area contributed by atoms with E-state index >= 15 is 0 Å². The lowest BCUT2D eigenvalue weighted by Crippen LogP contribution is -2.40. The standard InChI is InChI=1S/C10H9NO5/c12-6-4-7(10(14)15)11(5-6)9(13)8-2-1-3-16-8/h1-3,7H,4-5H2,(H,14,15). The molecule has 1 aliphatic heterocycles. The summed E-state index contributed by atoms with van der Waals surface area (Å²) in [5, 5.41) is 8.87. The summed E-state index contributed by atoms with van der Waals surface area (Å²) in [5.41, 5.74) is 0. The molecule has 0 radical (unpaired) electrons. The van der Waals surface area contributed by atoms with E-state index < -0.39 is 17.9 Å². The van der Waals surface area contributed by atoms with Crippen LogP contribution >= 0.6 is 0 Å². The number of carbonyl (C=O) groups excluding carboxylic acids is 2. The highest BCUT2D eigenvalue weighted by Crippen LogP contribution is 2.18. The van der Waals surface area contributed by atoms with Crippen molar-refractivity contribution < 1.29 is 23.9 Å². The highest BCUT2D eigenvalue weighted by molar-refractivity contribution is 6.01. The third kappa shape index (κ3) is 1.69. The second kappa shape index (κ2) is 3.80. The van der Waals surface area contributed by atoms with Crippen molar-refractivity contribution in [2.75, 3.05) is 6.54 Å². The van der Waals surface area contributed by atoms with Crippen molar-refractivity contribution in [3.63, 3.8) is 0 Å². The van der Waals surface area contributed by atoms with Gasteiger partial charge in [-0.3, -0.25) is 9.59 Å². The second-order valence-electron chi connectivity index (χ2n) is 3.51. The summed E-state index contributed by atoms with van der Waals surface area (Å²) in [6, 6.07) is 1.88. The smallest absolute Gasteiger partial charge is 0.326 e. The fraction of sp³-hybridized carbons (Fsp3) is 0.300. The van der Waals surface area contributed by atoms with Gasteiger partial charge in [0, 0.05) is 6.42 Å².